The quantitative estimate of drug-likeness (QED) is 0.922. The molecule has 0 amide bonds. The zero-order valence-corrected chi connectivity index (χ0v) is 11.9. The van der Waals surface area contributed by atoms with E-state index < -0.39 is 0 Å². The van der Waals surface area contributed by atoms with Crippen LogP contribution < -0.4 is 0 Å². The van der Waals surface area contributed by atoms with Gasteiger partial charge < -0.3 is 5.11 Å². The molecule has 1 N–H and O–H groups in total. The predicted octanol–water partition coefficient (Wildman–Crippen LogP) is 3.72. The number of aliphatic hydroxyl groups excluding tert-OH is 1. The lowest BCUT2D eigenvalue weighted by Crippen LogP contribution is -2.36. The lowest BCUT2D eigenvalue weighted by molar-refractivity contribution is 0.00978. The van der Waals surface area contributed by atoms with E-state index in [-0.39, 0.29) is 11.5 Å². The minimum absolute atomic E-state index is 0.0903. The van der Waals surface area contributed by atoms with E-state index in [2.05, 4.69) is 27.8 Å². The van der Waals surface area contributed by atoms with Crippen molar-refractivity contribution in [2.75, 3.05) is 0 Å². The van der Waals surface area contributed by atoms with Crippen LogP contribution in [-0.2, 0) is 6.42 Å². The number of hydrogen-bond acceptors (Lipinski definition) is 2. The Kier molecular flexibility index (Phi) is 4.21. The van der Waals surface area contributed by atoms with Crippen molar-refractivity contribution in [1.82, 2.24) is 4.98 Å². The summed E-state index contributed by atoms with van der Waals surface area (Å²) >= 11 is 3.37. The summed E-state index contributed by atoms with van der Waals surface area (Å²) in [4.78, 5) is 4.34. The number of hydrogen-bond donors (Lipinski definition) is 1. The minimum atomic E-state index is -0.267. The number of aromatic nitrogens is 1. The molecular weight excluding hydrogens is 278 g/mol. The highest BCUT2D eigenvalue weighted by atomic mass is 79.9. The van der Waals surface area contributed by atoms with E-state index >= 15 is 0 Å². The molecule has 0 aliphatic heterocycles. The zero-order valence-electron chi connectivity index (χ0n) is 10.3. The molecule has 3 heteroatoms. The predicted molar refractivity (Wildman–Crippen MR) is 72.8 cm³/mol. The van der Waals surface area contributed by atoms with Gasteiger partial charge in [-0.15, -0.1) is 0 Å². The van der Waals surface area contributed by atoms with Gasteiger partial charge >= 0.3 is 0 Å². The van der Waals surface area contributed by atoms with Gasteiger partial charge in [-0.1, -0.05) is 26.2 Å². The number of halogens is 1. The number of aliphatic hydroxyl groups is 1. The second kappa shape index (κ2) is 5.49. The Morgan fingerprint density at radius 3 is 2.65 bits per heavy atom. The Morgan fingerprint density at radius 1 is 1.35 bits per heavy atom. The van der Waals surface area contributed by atoms with Crippen LogP contribution in [0.25, 0.3) is 0 Å². The first kappa shape index (κ1) is 13.0. The van der Waals surface area contributed by atoms with Crippen molar-refractivity contribution >= 4 is 15.9 Å². The van der Waals surface area contributed by atoms with Crippen LogP contribution >= 0.6 is 15.9 Å². The molecular formula is C14H20BrNO. The van der Waals surface area contributed by atoms with Crippen LogP contribution in [0.5, 0.6) is 0 Å². The maximum atomic E-state index is 10.4. The van der Waals surface area contributed by atoms with Gasteiger partial charge in [-0.25, -0.2) is 0 Å². The second-order valence-electron chi connectivity index (χ2n) is 5.40. The second-order valence-corrected chi connectivity index (χ2v) is 6.32. The van der Waals surface area contributed by atoms with E-state index in [0.717, 1.165) is 23.0 Å². The monoisotopic (exact) mass is 297 g/mol. The molecule has 0 aromatic carbocycles. The van der Waals surface area contributed by atoms with E-state index in [9.17, 15) is 5.11 Å². The lowest BCUT2D eigenvalue weighted by atomic mass is 9.71. The van der Waals surface area contributed by atoms with Gasteiger partial charge in [0, 0.05) is 22.8 Å². The van der Waals surface area contributed by atoms with Crippen molar-refractivity contribution in [3.63, 3.8) is 0 Å². The summed E-state index contributed by atoms with van der Waals surface area (Å²) < 4.78 is 0.986. The normalized spacial score (nSPS) is 21.1. The Balaban J connectivity index is 2.00. The Hall–Kier alpha value is -0.410. The topological polar surface area (TPSA) is 33.1 Å². The summed E-state index contributed by atoms with van der Waals surface area (Å²) in [5.41, 5.74) is 1.07. The Labute approximate surface area is 112 Å². The lowest BCUT2D eigenvalue weighted by Gasteiger charge is -2.37. The summed E-state index contributed by atoms with van der Waals surface area (Å²) in [7, 11) is 0. The van der Waals surface area contributed by atoms with Gasteiger partial charge in [-0.3, -0.25) is 4.98 Å². The molecule has 17 heavy (non-hydrogen) atoms. The van der Waals surface area contributed by atoms with Crippen LogP contribution in [0.3, 0.4) is 0 Å². The maximum Gasteiger partial charge on any atom is 0.0649 e. The maximum absolute atomic E-state index is 10.4. The van der Waals surface area contributed by atoms with Gasteiger partial charge in [-0.05, 0) is 46.3 Å². The average molecular weight is 298 g/mol. The van der Waals surface area contributed by atoms with Crippen molar-refractivity contribution in [1.29, 1.82) is 0 Å². The van der Waals surface area contributed by atoms with Crippen molar-refractivity contribution in [2.24, 2.45) is 5.41 Å². The first-order chi connectivity index (χ1) is 8.10. The van der Waals surface area contributed by atoms with E-state index in [1.54, 1.807) is 6.20 Å². The van der Waals surface area contributed by atoms with Crippen LogP contribution in [0.1, 0.15) is 44.7 Å². The highest BCUT2D eigenvalue weighted by molar-refractivity contribution is 9.10. The molecule has 0 saturated heterocycles. The van der Waals surface area contributed by atoms with Crippen LogP contribution in [0, 0.1) is 5.41 Å². The third kappa shape index (κ3) is 3.29. The zero-order chi connectivity index (χ0) is 12.3. The minimum Gasteiger partial charge on any atom is -0.392 e. The molecule has 1 fully saturated rings. The van der Waals surface area contributed by atoms with Crippen LogP contribution in [0.2, 0.25) is 0 Å². The summed E-state index contributed by atoms with van der Waals surface area (Å²) in [6, 6.07) is 3.97. The molecule has 0 spiro atoms. The summed E-state index contributed by atoms with van der Waals surface area (Å²) in [6.45, 7) is 2.22. The Morgan fingerprint density at radius 2 is 2.06 bits per heavy atom. The molecule has 1 atom stereocenters. The SMILES string of the molecule is CC1(C(O)Cc2ccc(Br)cn2)CCCCC1. The first-order valence-corrected chi connectivity index (χ1v) is 7.18. The summed E-state index contributed by atoms with van der Waals surface area (Å²) in [5.74, 6) is 0. The van der Waals surface area contributed by atoms with Crippen LogP contribution in [0.4, 0.5) is 0 Å². The smallest absolute Gasteiger partial charge is 0.0649 e. The molecule has 1 saturated carbocycles. The summed E-state index contributed by atoms with van der Waals surface area (Å²) in [6.07, 6.45) is 8.31. The molecule has 1 aliphatic carbocycles. The highest BCUT2D eigenvalue weighted by Crippen LogP contribution is 2.39. The van der Waals surface area contributed by atoms with Gasteiger partial charge in [0.25, 0.3) is 0 Å². The molecule has 94 valence electrons. The van der Waals surface area contributed by atoms with Crippen molar-refractivity contribution in [3.05, 3.63) is 28.5 Å². The van der Waals surface area contributed by atoms with Crippen molar-refractivity contribution < 1.29 is 5.11 Å². The van der Waals surface area contributed by atoms with E-state index in [4.69, 9.17) is 0 Å². The fourth-order valence-electron chi connectivity index (χ4n) is 2.66. The van der Waals surface area contributed by atoms with Gasteiger partial charge in [0.1, 0.15) is 0 Å². The number of rotatable bonds is 3. The van der Waals surface area contributed by atoms with Crippen LogP contribution in [-0.4, -0.2) is 16.2 Å². The van der Waals surface area contributed by atoms with Crippen molar-refractivity contribution in [3.8, 4) is 0 Å². The summed E-state index contributed by atoms with van der Waals surface area (Å²) in [5, 5.41) is 10.4. The highest BCUT2D eigenvalue weighted by Gasteiger charge is 2.34. The molecule has 1 unspecified atom stereocenters. The largest absolute Gasteiger partial charge is 0.392 e. The molecule has 2 nitrogen and oxygen atoms in total. The van der Waals surface area contributed by atoms with Crippen molar-refractivity contribution in [2.45, 2.75) is 51.6 Å². The molecule has 2 rings (SSSR count). The fourth-order valence-corrected chi connectivity index (χ4v) is 2.90. The molecule has 0 radical (unpaired) electrons. The molecule has 1 aromatic heterocycles. The average Bonchev–Trinajstić information content (AvgIpc) is 2.33. The standard InChI is InChI=1S/C14H20BrNO/c1-14(7-3-2-4-8-14)13(17)9-12-6-5-11(15)10-16-12/h5-6,10,13,17H,2-4,7-9H2,1H3. The van der Waals surface area contributed by atoms with Gasteiger partial charge in [0.05, 0.1) is 6.10 Å². The number of pyridine rings is 1. The van der Waals surface area contributed by atoms with Gasteiger partial charge in [0.15, 0.2) is 0 Å². The third-order valence-electron chi connectivity index (χ3n) is 3.99. The molecule has 1 aromatic rings. The van der Waals surface area contributed by atoms with Crippen LogP contribution in [0.15, 0.2) is 22.8 Å². The molecule has 1 aliphatic rings. The fraction of sp³-hybridized carbons (Fsp3) is 0.643. The van der Waals surface area contributed by atoms with E-state index in [1.165, 1.54) is 19.3 Å². The Bertz CT molecular complexity index is 357. The van der Waals surface area contributed by atoms with Gasteiger partial charge in [-0.2, -0.15) is 0 Å². The first-order valence-electron chi connectivity index (χ1n) is 6.39. The van der Waals surface area contributed by atoms with Gasteiger partial charge in [0.2, 0.25) is 0 Å². The third-order valence-corrected chi connectivity index (χ3v) is 4.46. The van der Waals surface area contributed by atoms with E-state index in [1.807, 2.05) is 12.1 Å². The number of nitrogens with zero attached hydrogens (tertiary/aromatic N) is 1. The van der Waals surface area contributed by atoms with E-state index in [0.29, 0.717) is 6.42 Å². The molecule has 1 heterocycles. The molecule has 0 bridgehead atoms.